The van der Waals surface area contributed by atoms with Crippen LogP contribution in [0.5, 0.6) is 0 Å². The normalized spacial score (nSPS) is 34.4. The number of hydrogen-bond donors (Lipinski definition) is 0. The van der Waals surface area contributed by atoms with Crippen LogP contribution >= 0.6 is 0 Å². The molecule has 2 aliphatic heterocycles. The first kappa shape index (κ1) is 23.4. The molecule has 40 heavy (non-hydrogen) atoms. The Balaban J connectivity index is 0.987. The van der Waals surface area contributed by atoms with E-state index in [9.17, 15) is 19.2 Å². The van der Waals surface area contributed by atoms with Crippen molar-refractivity contribution in [2.45, 2.75) is 12.8 Å². The molecule has 196 valence electrons. The molecule has 6 aliphatic rings. The van der Waals surface area contributed by atoms with Gasteiger partial charge in [0.1, 0.15) is 0 Å². The molecule has 2 aromatic carbocycles. The van der Waals surface area contributed by atoms with Crippen molar-refractivity contribution in [2.75, 3.05) is 9.80 Å². The highest BCUT2D eigenvalue weighted by Crippen LogP contribution is 2.54. The highest BCUT2D eigenvalue weighted by Gasteiger charge is 2.60. The van der Waals surface area contributed by atoms with Crippen LogP contribution < -0.4 is 9.80 Å². The lowest BCUT2D eigenvalue weighted by atomic mass is 9.85. The molecule has 0 N–H and O–H groups in total. The van der Waals surface area contributed by atoms with Gasteiger partial charge in [-0.05, 0) is 84.6 Å². The molecule has 0 unspecified atom stereocenters. The molecule has 8 rings (SSSR count). The molecule has 2 aromatic rings. The summed E-state index contributed by atoms with van der Waals surface area (Å²) >= 11 is 0. The van der Waals surface area contributed by atoms with E-state index in [2.05, 4.69) is 36.1 Å². The molecule has 8 atom stereocenters. The summed E-state index contributed by atoms with van der Waals surface area (Å²) in [4.78, 5) is 55.3. The molecule has 4 aliphatic carbocycles. The van der Waals surface area contributed by atoms with Crippen LogP contribution in [0.15, 0.2) is 78.9 Å². The lowest BCUT2D eigenvalue weighted by Crippen LogP contribution is -2.32. The maximum atomic E-state index is 13.2. The number of fused-ring (bicyclic) bond motifs is 10. The average Bonchev–Trinajstić information content (AvgIpc) is 3.80. The minimum atomic E-state index is -0.228. The van der Waals surface area contributed by atoms with Crippen molar-refractivity contribution in [3.05, 3.63) is 90.0 Å². The van der Waals surface area contributed by atoms with E-state index in [1.54, 1.807) is 24.3 Å². The van der Waals surface area contributed by atoms with E-state index >= 15 is 0 Å². The van der Waals surface area contributed by atoms with E-state index in [0.717, 1.165) is 18.4 Å². The van der Waals surface area contributed by atoms with Gasteiger partial charge < -0.3 is 0 Å². The van der Waals surface area contributed by atoms with E-state index in [1.165, 1.54) is 9.80 Å². The molecule has 0 spiro atoms. The Labute approximate surface area is 232 Å². The lowest BCUT2D eigenvalue weighted by molar-refractivity contribution is -0.124. The first-order valence-electron chi connectivity index (χ1n) is 14.0. The fraction of sp³-hybridized carbons (Fsp3) is 0.294. The number of rotatable bonds is 3. The predicted molar refractivity (Wildman–Crippen MR) is 149 cm³/mol. The molecule has 6 heteroatoms. The first-order valence-corrected chi connectivity index (χ1v) is 14.0. The van der Waals surface area contributed by atoms with E-state index in [0.29, 0.717) is 16.9 Å². The minimum absolute atomic E-state index is 0.0878. The van der Waals surface area contributed by atoms with Gasteiger partial charge in [-0.25, -0.2) is 9.80 Å². The molecule has 4 bridgehead atoms. The number of hydrogen-bond acceptors (Lipinski definition) is 4. The Bertz CT molecular complexity index is 1610. The van der Waals surface area contributed by atoms with Gasteiger partial charge in [-0.15, -0.1) is 0 Å². The van der Waals surface area contributed by atoms with Crippen molar-refractivity contribution in [1.82, 2.24) is 0 Å². The minimum Gasteiger partial charge on any atom is -0.274 e. The van der Waals surface area contributed by atoms with Gasteiger partial charge in [-0.3, -0.25) is 19.2 Å². The zero-order valence-electron chi connectivity index (χ0n) is 21.6. The third-order valence-corrected chi connectivity index (χ3v) is 9.75. The highest BCUT2D eigenvalue weighted by atomic mass is 16.2. The molecular weight excluding hydrogens is 500 g/mol. The molecule has 6 nitrogen and oxygen atoms in total. The van der Waals surface area contributed by atoms with Crippen LogP contribution in [0.25, 0.3) is 6.08 Å². The number of imide groups is 2. The summed E-state index contributed by atoms with van der Waals surface area (Å²) in [6, 6.07) is 14.6. The van der Waals surface area contributed by atoms with Crippen molar-refractivity contribution < 1.29 is 19.2 Å². The average molecular weight is 527 g/mol. The third-order valence-electron chi connectivity index (χ3n) is 9.75. The second-order valence-electron chi connectivity index (χ2n) is 11.8. The zero-order valence-corrected chi connectivity index (χ0v) is 21.6. The zero-order chi connectivity index (χ0) is 27.1. The molecule has 2 saturated carbocycles. The van der Waals surface area contributed by atoms with Gasteiger partial charge in [0.05, 0.1) is 35.0 Å². The second kappa shape index (κ2) is 8.50. The first-order chi connectivity index (χ1) is 19.5. The topological polar surface area (TPSA) is 74.8 Å². The van der Waals surface area contributed by atoms with Crippen LogP contribution in [-0.4, -0.2) is 23.6 Å². The summed E-state index contributed by atoms with van der Waals surface area (Å²) in [6.07, 6.45) is 13.8. The van der Waals surface area contributed by atoms with Gasteiger partial charge in [0.25, 0.3) is 0 Å². The number of nitrogens with zero attached hydrogens (tertiary/aromatic N) is 2. The maximum Gasteiger partial charge on any atom is 0.238 e. The fourth-order valence-corrected chi connectivity index (χ4v) is 8.07. The Morgan fingerprint density at radius 1 is 0.625 bits per heavy atom. The quantitative estimate of drug-likeness (QED) is 0.338. The van der Waals surface area contributed by atoms with Crippen LogP contribution in [0, 0.1) is 59.2 Å². The molecule has 4 fully saturated rings. The second-order valence-corrected chi connectivity index (χ2v) is 11.8. The summed E-state index contributed by atoms with van der Waals surface area (Å²) in [7, 11) is 0. The summed E-state index contributed by atoms with van der Waals surface area (Å²) in [5, 5.41) is 0. The lowest BCUT2D eigenvalue weighted by Gasteiger charge is -2.17. The molecule has 2 saturated heterocycles. The summed E-state index contributed by atoms with van der Waals surface area (Å²) < 4.78 is 0. The Hall–Kier alpha value is -4.50. The monoisotopic (exact) mass is 526 g/mol. The van der Waals surface area contributed by atoms with E-state index in [-0.39, 0.29) is 71.0 Å². The summed E-state index contributed by atoms with van der Waals surface area (Å²) in [6.45, 7) is 0. The number of benzene rings is 2. The van der Waals surface area contributed by atoms with Crippen molar-refractivity contribution in [2.24, 2.45) is 47.3 Å². The van der Waals surface area contributed by atoms with Gasteiger partial charge >= 0.3 is 0 Å². The van der Waals surface area contributed by atoms with Gasteiger partial charge in [-0.2, -0.15) is 0 Å². The van der Waals surface area contributed by atoms with E-state index < -0.39 is 0 Å². The van der Waals surface area contributed by atoms with Crippen LogP contribution in [0.2, 0.25) is 0 Å². The largest absolute Gasteiger partial charge is 0.274 e. The Kier molecular flexibility index (Phi) is 4.97. The number of allylic oxidation sites excluding steroid dienone is 5. The van der Waals surface area contributed by atoms with Crippen LogP contribution in [0.4, 0.5) is 11.4 Å². The van der Waals surface area contributed by atoms with Gasteiger partial charge in [0.2, 0.25) is 23.6 Å². The molecule has 0 radical (unpaired) electrons. The predicted octanol–water partition coefficient (Wildman–Crippen LogP) is 4.37. The smallest absolute Gasteiger partial charge is 0.238 e. The van der Waals surface area contributed by atoms with Crippen molar-refractivity contribution in [1.29, 1.82) is 0 Å². The fourth-order valence-electron chi connectivity index (χ4n) is 8.07. The number of carbonyl (C=O) groups is 4. The summed E-state index contributed by atoms with van der Waals surface area (Å²) in [5.41, 5.74) is 2.71. The third kappa shape index (κ3) is 3.24. The van der Waals surface area contributed by atoms with E-state index in [1.807, 2.05) is 36.4 Å². The molecule has 4 amide bonds. The Morgan fingerprint density at radius 3 is 1.62 bits per heavy atom. The van der Waals surface area contributed by atoms with Crippen molar-refractivity contribution in [3.63, 3.8) is 0 Å². The van der Waals surface area contributed by atoms with Crippen LogP contribution in [0.1, 0.15) is 24.0 Å². The summed E-state index contributed by atoms with van der Waals surface area (Å²) in [5.74, 6) is 5.57. The molecule has 2 heterocycles. The van der Waals surface area contributed by atoms with Gasteiger partial charge in [-0.1, -0.05) is 54.3 Å². The highest BCUT2D eigenvalue weighted by molar-refractivity contribution is 6.23. The van der Waals surface area contributed by atoms with Gasteiger partial charge in [0.15, 0.2) is 0 Å². The van der Waals surface area contributed by atoms with E-state index in [4.69, 9.17) is 0 Å². The van der Waals surface area contributed by atoms with Crippen molar-refractivity contribution >= 4 is 41.1 Å². The van der Waals surface area contributed by atoms with Crippen molar-refractivity contribution in [3.8, 4) is 11.8 Å². The standard InChI is InChI=1S/C34H26N2O4/c37-31-27-21-11-12-22(17-21)28(27)32(38)35(31)25-9-3-7-19(15-25)5-1-2-6-20-8-4-10-26(16-20)36-33(39)29-23-13-14-24(18-23)30(29)34(36)40/h1,3-5,7-16,21-24,27-30H,17-18H2/b5-1-/t21-,22-,23-,24-,27-,28+,29-,30+/m0/s1. The van der Waals surface area contributed by atoms with Gasteiger partial charge in [0, 0.05) is 5.56 Å². The maximum absolute atomic E-state index is 13.2. The number of anilines is 2. The van der Waals surface area contributed by atoms with Crippen LogP contribution in [0.3, 0.4) is 0 Å². The number of carbonyl (C=O) groups excluding carboxylic acids is 4. The molecule has 0 aromatic heterocycles. The Morgan fingerprint density at radius 2 is 1.10 bits per heavy atom. The SMILES string of the molecule is O=C1[C@@H]2[C@H](C(=O)N1c1cccc(C#C/C=C\c3cccc(N4C(=O)[C@@H]5[C@H](C4=O)[C@H]4C=C[C@H]5C4)c3)c1)[C@H]1C=C[C@H]2C1. The number of amides is 4. The molecular formula is C34H26N2O4. The van der Waals surface area contributed by atoms with Crippen LogP contribution in [-0.2, 0) is 19.2 Å².